The molecule has 106 valence electrons. The minimum Gasteiger partial charge on any atom is -0.384 e. The average molecular weight is 273 g/mol. The third-order valence-electron chi connectivity index (χ3n) is 3.26. The van der Waals surface area contributed by atoms with E-state index in [4.69, 9.17) is 4.74 Å². The van der Waals surface area contributed by atoms with Crippen molar-refractivity contribution >= 4 is 5.69 Å². The summed E-state index contributed by atoms with van der Waals surface area (Å²) in [6, 6.07) is 13.2. The number of rotatable bonds is 6. The molecule has 0 fully saturated rings. The number of nitrogens with one attached hydrogen (secondary N) is 1. The van der Waals surface area contributed by atoms with Crippen LogP contribution >= 0.6 is 0 Å². The van der Waals surface area contributed by atoms with E-state index < -0.39 is 0 Å². The van der Waals surface area contributed by atoms with Crippen molar-refractivity contribution in [2.75, 3.05) is 19.0 Å². The van der Waals surface area contributed by atoms with E-state index in [9.17, 15) is 4.39 Å². The van der Waals surface area contributed by atoms with E-state index in [0.717, 1.165) is 17.7 Å². The van der Waals surface area contributed by atoms with Gasteiger partial charge in [0, 0.05) is 24.9 Å². The molecule has 0 aliphatic rings. The molecule has 3 heteroatoms. The van der Waals surface area contributed by atoms with Crippen LogP contribution in [0.5, 0.6) is 0 Å². The Morgan fingerprint density at radius 1 is 1.10 bits per heavy atom. The summed E-state index contributed by atoms with van der Waals surface area (Å²) >= 11 is 0. The van der Waals surface area contributed by atoms with Gasteiger partial charge in [0.2, 0.25) is 0 Å². The van der Waals surface area contributed by atoms with Crippen molar-refractivity contribution in [2.45, 2.75) is 19.9 Å². The van der Waals surface area contributed by atoms with Crippen LogP contribution in [0.2, 0.25) is 0 Å². The third-order valence-corrected chi connectivity index (χ3v) is 3.26. The van der Waals surface area contributed by atoms with Gasteiger partial charge in [0.25, 0.3) is 0 Å². The summed E-state index contributed by atoms with van der Waals surface area (Å²) in [4.78, 5) is 0. The quantitative estimate of drug-likeness (QED) is 0.861. The predicted octanol–water partition coefficient (Wildman–Crippen LogP) is 3.94. The molecule has 0 aliphatic heterocycles. The maximum atomic E-state index is 13.7. The molecule has 0 unspecified atom stereocenters. The molecule has 0 spiro atoms. The Labute approximate surface area is 119 Å². The molecule has 20 heavy (non-hydrogen) atoms. The minimum atomic E-state index is -0.169. The van der Waals surface area contributed by atoms with Gasteiger partial charge in [-0.2, -0.15) is 0 Å². The Hall–Kier alpha value is -1.87. The molecule has 0 heterocycles. The molecule has 0 bridgehead atoms. The van der Waals surface area contributed by atoms with E-state index in [-0.39, 0.29) is 5.82 Å². The second-order valence-electron chi connectivity index (χ2n) is 4.85. The Kier molecular flexibility index (Phi) is 5.13. The van der Waals surface area contributed by atoms with Crippen LogP contribution in [-0.2, 0) is 17.7 Å². The summed E-state index contributed by atoms with van der Waals surface area (Å²) in [6.07, 6.45) is 0.843. The second kappa shape index (κ2) is 7.06. The summed E-state index contributed by atoms with van der Waals surface area (Å²) in [7, 11) is 1.69. The van der Waals surface area contributed by atoms with Crippen LogP contribution in [0.15, 0.2) is 42.5 Å². The van der Waals surface area contributed by atoms with Crippen molar-refractivity contribution < 1.29 is 9.13 Å². The molecule has 0 aliphatic carbocycles. The van der Waals surface area contributed by atoms with Crippen LogP contribution in [0.4, 0.5) is 10.1 Å². The number of aryl methyl sites for hydroxylation is 1. The molecule has 2 aromatic rings. The summed E-state index contributed by atoms with van der Waals surface area (Å²) in [6.45, 7) is 3.13. The first kappa shape index (κ1) is 14.5. The molecule has 2 rings (SSSR count). The number of hydrogen-bond acceptors (Lipinski definition) is 2. The number of methoxy groups -OCH3 is 1. The normalized spacial score (nSPS) is 10.6. The first-order valence-electron chi connectivity index (χ1n) is 6.76. The predicted molar refractivity (Wildman–Crippen MR) is 80.5 cm³/mol. The lowest BCUT2D eigenvalue weighted by atomic mass is 10.1. The summed E-state index contributed by atoms with van der Waals surface area (Å²) < 4.78 is 18.8. The van der Waals surface area contributed by atoms with Crippen molar-refractivity contribution in [3.63, 3.8) is 0 Å². The highest BCUT2D eigenvalue weighted by atomic mass is 19.1. The number of benzene rings is 2. The maximum Gasteiger partial charge on any atom is 0.128 e. The molecule has 0 saturated carbocycles. The lowest BCUT2D eigenvalue weighted by molar-refractivity contribution is 0.202. The van der Waals surface area contributed by atoms with E-state index in [1.165, 1.54) is 11.6 Å². The van der Waals surface area contributed by atoms with Crippen LogP contribution in [0.25, 0.3) is 0 Å². The van der Waals surface area contributed by atoms with Crippen molar-refractivity contribution in [2.24, 2.45) is 0 Å². The van der Waals surface area contributed by atoms with Crippen LogP contribution < -0.4 is 5.32 Å². The lowest BCUT2D eigenvalue weighted by Gasteiger charge is -2.12. The average Bonchev–Trinajstić information content (AvgIpc) is 2.47. The number of ether oxygens (including phenoxy) is 1. The maximum absolute atomic E-state index is 13.7. The highest BCUT2D eigenvalue weighted by molar-refractivity contribution is 5.51. The molecule has 0 atom stereocenters. The zero-order chi connectivity index (χ0) is 14.4. The smallest absolute Gasteiger partial charge is 0.128 e. The van der Waals surface area contributed by atoms with Gasteiger partial charge in [-0.05, 0) is 31.0 Å². The zero-order valence-corrected chi connectivity index (χ0v) is 11.9. The molecular formula is C17H20FNO. The van der Waals surface area contributed by atoms with Crippen molar-refractivity contribution in [3.8, 4) is 0 Å². The fraction of sp³-hybridized carbons (Fsp3) is 0.294. The van der Waals surface area contributed by atoms with Crippen molar-refractivity contribution in [1.29, 1.82) is 0 Å². The standard InChI is InChI=1S/C17H20FNO/c1-13-7-8-16(18)15(11-13)12-19-17-6-4-3-5-14(17)9-10-20-2/h3-8,11,19H,9-10,12H2,1-2H3. The summed E-state index contributed by atoms with van der Waals surface area (Å²) in [5, 5.41) is 3.31. The van der Waals surface area contributed by atoms with Crippen LogP contribution in [-0.4, -0.2) is 13.7 Å². The van der Waals surface area contributed by atoms with Gasteiger partial charge in [-0.25, -0.2) is 4.39 Å². The number of para-hydroxylation sites is 1. The lowest BCUT2D eigenvalue weighted by Crippen LogP contribution is -2.05. The van der Waals surface area contributed by atoms with Crippen LogP contribution in [0, 0.1) is 12.7 Å². The highest BCUT2D eigenvalue weighted by Gasteiger charge is 2.05. The van der Waals surface area contributed by atoms with Gasteiger partial charge < -0.3 is 10.1 Å². The molecule has 0 radical (unpaired) electrons. The number of halogens is 1. The third kappa shape index (κ3) is 3.81. The van der Waals surface area contributed by atoms with E-state index >= 15 is 0 Å². The summed E-state index contributed by atoms with van der Waals surface area (Å²) in [5.74, 6) is -0.169. The van der Waals surface area contributed by atoms with Gasteiger partial charge in [-0.15, -0.1) is 0 Å². The Morgan fingerprint density at radius 3 is 2.70 bits per heavy atom. The van der Waals surface area contributed by atoms with Gasteiger partial charge >= 0.3 is 0 Å². The monoisotopic (exact) mass is 273 g/mol. The van der Waals surface area contributed by atoms with Crippen molar-refractivity contribution in [3.05, 3.63) is 65.0 Å². The first-order chi connectivity index (χ1) is 9.70. The van der Waals surface area contributed by atoms with E-state index in [1.807, 2.05) is 31.2 Å². The molecular weight excluding hydrogens is 253 g/mol. The molecule has 0 amide bonds. The van der Waals surface area contributed by atoms with Gasteiger partial charge in [0.15, 0.2) is 0 Å². The Balaban J connectivity index is 2.08. The number of hydrogen-bond donors (Lipinski definition) is 1. The summed E-state index contributed by atoms with van der Waals surface area (Å²) in [5.41, 5.74) is 3.97. The van der Waals surface area contributed by atoms with E-state index in [2.05, 4.69) is 11.4 Å². The van der Waals surface area contributed by atoms with Crippen molar-refractivity contribution in [1.82, 2.24) is 0 Å². The van der Waals surface area contributed by atoms with Gasteiger partial charge in [-0.1, -0.05) is 35.9 Å². The fourth-order valence-corrected chi connectivity index (χ4v) is 2.15. The molecule has 0 saturated heterocycles. The minimum absolute atomic E-state index is 0.169. The Morgan fingerprint density at radius 2 is 1.90 bits per heavy atom. The van der Waals surface area contributed by atoms with Crippen LogP contribution in [0.1, 0.15) is 16.7 Å². The molecule has 2 aromatic carbocycles. The zero-order valence-electron chi connectivity index (χ0n) is 11.9. The SMILES string of the molecule is COCCc1ccccc1NCc1cc(C)ccc1F. The number of anilines is 1. The highest BCUT2D eigenvalue weighted by Crippen LogP contribution is 2.18. The van der Waals surface area contributed by atoms with E-state index in [0.29, 0.717) is 18.7 Å². The molecule has 2 nitrogen and oxygen atoms in total. The van der Waals surface area contributed by atoms with Gasteiger partial charge in [-0.3, -0.25) is 0 Å². The van der Waals surface area contributed by atoms with Crippen LogP contribution in [0.3, 0.4) is 0 Å². The largest absolute Gasteiger partial charge is 0.384 e. The second-order valence-corrected chi connectivity index (χ2v) is 4.85. The Bertz CT molecular complexity index is 569. The van der Waals surface area contributed by atoms with E-state index in [1.54, 1.807) is 13.2 Å². The fourth-order valence-electron chi connectivity index (χ4n) is 2.15. The molecule has 1 N–H and O–H groups in total. The molecule has 0 aromatic heterocycles. The topological polar surface area (TPSA) is 21.3 Å². The van der Waals surface area contributed by atoms with Gasteiger partial charge in [0.1, 0.15) is 5.82 Å². The first-order valence-corrected chi connectivity index (χ1v) is 6.76. The van der Waals surface area contributed by atoms with Gasteiger partial charge in [0.05, 0.1) is 6.61 Å².